The van der Waals surface area contributed by atoms with Crippen LogP contribution >= 0.6 is 0 Å². The predicted octanol–water partition coefficient (Wildman–Crippen LogP) is 2.90. The van der Waals surface area contributed by atoms with Crippen molar-refractivity contribution in [2.45, 2.75) is 12.4 Å². The maximum Gasteiger partial charge on any atom is 0.311 e. The van der Waals surface area contributed by atoms with Crippen LogP contribution in [0.2, 0.25) is 0 Å². The zero-order valence-corrected chi connectivity index (χ0v) is 11.8. The molecule has 110 valence electrons. The highest BCUT2D eigenvalue weighted by atomic mass is 32.2. The van der Waals surface area contributed by atoms with Gasteiger partial charge in [0.15, 0.2) is 16.8 Å². The van der Waals surface area contributed by atoms with Crippen molar-refractivity contribution in [1.29, 1.82) is 0 Å². The number of nitro groups is 1. The first-order valence-corrected chi connectivity index (χ1v) is 7.35. The Morgan fingerprint density at radius 3 is 2.48 bits per heavy atom. The summed E-state index contributed by atoms with van der Waals surface area (Å²) in [5.41, 5.74) is 1.09. The van der Waals surface area contributed by atoms with Crippen LogP contribution in [0.3, 0.4) is 0 Å². The van der Waals surface area contributed by atoms with Crippen LogP contribution in [-0.4, -0.2) is 13.7 Å². The normalized spacial score (nSPS) is 11.9. The molecule has 1 atom stereocenters. The molecular weight excluding hydrogens is 294 g/mol. The Morgan fingerprint density at radius 2 is 1.86 bits per heavy atom. The van der Waals surface area contributed by atoms with Crippen LogP contribution in [0.1, 0.15) is 11.1 Å². The molecule has 2 rings (SSSR count). The number of nitrogens with zero attached hydrogens (tertiary/aromatic N) is 1. The number of hydrogen-bond donors (Lipinski definition) is 1. The van der Waals surface area contributed by atoms with Crippen LogP contribution in [0.15, 0.2) is 48.5 Å². The minimum Gasteiger partial charge on any atom is -0.482 e. The van der Waals surface area contributed by atoms with Gasteiger partial charge in [-0.25, -0.2) is 4.21 Å². The monoisotopic (exact) mass is 307 g/mol. The molecule has 2 aromatic carbocycles. The van der Waals surface area contributed by atoms with Gasteiger partial charge in [0.1, 0.15) is 6.61 Å². The van der Waals surface area contributed by atoms with Gasteiger partial charge in [0.05, 0.1) is 10.7 Å². The van der Waals surface area contributed by atoms with Gasteiger partial charge < -0.3 is 9.29 Å². The summed E-state index contributed by atoms with van der Waals surface area (Å²) in [6.07, 6.45) is 0. The quantitative estimate of drug-likeness (QED) is 0.503. The molecule has 0 spiro atoms. The predicted molar refractivity (Wildman–Crippen MR) is 78.3 cm³/mol. The summed E-state index contributed by atoms with van der Waals surface area (Å²) in [6.45, 7) is 0.215. The van der Waals surface area contributed by atoms with Crippen molar-refractivity contribution in [3.8, 4) is 5.75 Å². The summed E-state index contributed by atoms with van der Waals surface area (Å²) in [5, 5.41) is 11.1. The molecule has 1 N–H and O–H groups in total. The highest BCUT2D eigenvalue weighted by Gasteiger charge is 2.16. The standard InChI is InChI=1S/C14H13NO5S/c16-15(17)13-8-12(10-21(18)19)6-7-14(13)20-9-11-4-2-1-3-5-11/h1-8H,9-10H2,(H,18,19). The third-order valence-electron chi connectivity index (χ3n) is 2.75. The number of benzene rings is 2. The first kappa shape index (κ1) is 15.1. The van der Waals surface area contributed by atoms with Gasteiger partial charge in [-0.1, -0.05) is 36.4 Å². The second-order valence-electron chi connectivity index (χ2n) is 4.30. The Hall–Kier alpha value is -2.25. The van der Waals surface area contributed by atoms with Gasteiger partial charge >= 0.3 is 5.69 Å². The minimum atomic E-state index is -2.04. The van der Waals surface area contributed by atoms with Gasteiger partial charge in [0.25, 0.3) is 0 Å². The molecule has 0 bridgehead atoms. The Balaban J connectivity index is 2.18. The lowest BCUT2D eigenvalue weighted by atomic mass is 10.2. The van der Waals surface area contributed by atoms with E-state index in [9.17, 15) is 14.3 Å². The maximum atomic E-state index is 11.1. The van der Waals surface area contributed by atoms with E-state index in [4.69, 9.17) is 9.29 Å². The van der Waals surface area contributed by atoms with Crippen molar-refractivity contribution >= 4 is 16.8 Å². The number of hydrogen-bond acceptors (Lipinski definition) is 4. The first-order chi connectivity index (χ1) is 10.1. The zero-order chi connectivity index (χ0) is 15.2. The van der Waals surface area contributed by atoms with Crippen LogP contribution in [0, 0.1) is 10.1 Å². The van der Waals surface area contributed by atoms with E-state index in [0.29, 0.717) is 5.56 Å². The van der Waals surface area contributed by atoms with Crippen molar-refractivity contribution in [1.82, 2.24) is 0 Å². The maximum absolute atomic E-state index is 11.1. The highest BCUT2D eigenvalue weighted by molar-refractivity contribution is 7.78. The van der Waals surface area contributed by atoms with Gasteiger partial charge in [0, 0.05) is 6.07 Å². The second-order valence-corrected chi connectivity index (χ2v) is 5.23. The van der Waals surface area contributed by atoms with E-state index >= 15 is 0 Å². The average molecular weight is 307 g/mol. The average Bonchev–Trinajstić information content (AvgIpc) is 2.46. The summed E-state index contributed by atoms with van der Waals surface area (Å²) in [7, 11) is 0. The summed E-state index contributed by atoms with van der Waals surface area (Å²) >= 11 is -2.04. The molecule has 0 radical (unpaired) electrons. The molecule has 7 heteroatoms. The smallest absolute Gasteiger partial charge is 0.311 e. The Kier molecular flexibility index (Phi) is 5.02. The van der Waals surface area contributed by atoms with E-state index in [0.717, 1.165) is 5.56 Å². The molecule has 0 aliphatic carbocycles. The lowest BCUT2D eigenvalue weighted by Crippen LogP contribution is -2.01. The van der Waals surface area contributed by atoms with Crippen LogP contribution in [0.5, 0.6) is 5.75 Å². The van der Waals surface area contributed by atoms with Crippen LogP contribution in [-0.2, 0) is 23.4 Å². The molecule has 0 saturated carbocycles. The summed E-state index contributed by atoms with van der Waals surface area (Å²) < 4.78 is 25.0. The molecule has 0 aliphatic heterocycles. The van der Waals surface area contributed by atoms with Crippen molar-refractivity contribution in [2.75, 3.05) is 0 Å². The summed E-state index contributed by atoms with van der Waals surface area (Å²) in [5.74, 6) is -0.0175. The fourth-order valence-electron chi connectivity index (χ4n) is 1.80. The van der Waals surface area contributed by atoms with E-state index in [1.807, 2.05) is 30.3 Å². The van der Waals surface area contributed by atoms with E-state index in [2.05, 4.69) is 0 Å². The molecule has 2 aromatic rings. The third kappa shape index (κ3) is 4.37. The molecule has 0 aromatic heterocycles. The van der Waals surface area contributed by atoms with Gasteiger partial charge in [-0.3, -0.25) is 10.1 Å². The lowest BCUT2D eigenvalue weighted by molar-refractivity contribution is -0.386. The van der Waals surface area contributed by atoms with Gasteiger partial charge in [0.2, 0.25) is 0 Å². The molecule has 0 heterocycles. The lowest BCUT2D eigenvalue weighted by Gasteiger charge is -2.08. The Morgan fingerprint density at radius 1 is 1.14 bits per heavy atom. The molecular formula is C14H13NO5S. The van der Waals surface area contributed by atoms with Crippen LogP contribution in [0.25, 0.3) is 0 Å². The fraction of sp³-hybridized carbons (Fsp3) is 0.143. The largest absolute Gasteiger partial charge is 0.482 e. The summed E-state index contributed by atoms with van der Waals surface area (Å²) in [4.78, 5) is 10.5. The van der Waals surface area contributed by atoms with Crippen LogP contribution in [0.4, 0.5) is 5.69 Å². The Bertz CT molecular complexity index is 660. The second kappa shape index (κ2) is 6.96. The molecule has 6 nitrogen and oxygen atoms in total. The summed E-state index contributed by atoms with van der Waals surface area (Å²) in [6, 6.07) is 13.5. The van der Waals surface area contributed by atoms with Crippen molar-refractivity contribution in [2.24, 2.45) is 0 Å². The molecule has 0 fully saturated rings. The molecule has 0 aliphatic rings. The van der Waals surface area contributed by atoms with Crippen molar-refractivity contribution in [3.63, 3.8) is 0 Å². The number of ether oxygens (including phenoxy) is 1. The van der Waals surface area contributed by atoms with Crippen LogP contribution < -0.4 is 4.74 Å². The molecule has 1 unspecified atom stereocenters. The number of rotatable bonds is 6. The minimum absolute atomic E-state index is 0.135. The van der Waals surface area contributed by atoms with E-state index in [1.54, 1.807) is 6.07 Å². The fourth-order valence-corrected chi connectivity index (χ4v) is 2.26. The zero-order valence-electron chi connectivity index (χ0n) is 11.0. The molecule has 0 amide bonds. The van der Waals surface area contributed by atoms with Gasteiger partial charge in [-0.05, 0) is 17.2 Å². The highest BCUT2D eigenvalue weighted by Crippen LogP contribution is 2.29. The van der Waals surface area contributed by atoms with Gasteiger partial charge in [-0.15, -0.1) is 0 Å². The SMILES string of the molecule is O=[N+]([O-])c1cc(CS(=O)O)ccc1OCc1ccccc1. The first-order valence-electron chi connectivity index (χ1n) is 6.08. The van der Waals surface area contributed by atoms with E-state index in [-0.39, 0.29) is 23.8 Å². The molecule has 21 heavy (non-hydrogen) atoms. The topological polar surface area (TPSA) is 89.7 Å². The van der Waals surface area contributed by atoms with Gasteiger partial charge in [-0.2, -0.15) is 0 Å². The van der Waals surface area contributed by atoms with Crippen molar-refractivity contribution in [3.05, 3.63) is 69.8 Å². The van der Waals surface area contributed by atoms with E-state index in [1.165, 1.54) is 12.1 Å². The van der Waals surface area contributed by atoms with Crippen molar-refractivity contribution < 1.29 is 18.4 Å². The molecule has 0 saturated heterocycles. The van der Waals surface area contributed by atoms with E-state index < -0.39 is 16.0 Å². The number of nitro benzene ring substituents is 1. The Labute approximate surface area is 123 Å². The third-order valence-corrected chi connectivity index (χ3v) is 3.33.